The van der Waals surface area contributed by atoms with Crippen LogP contribution in [-0.4, -0.2) is 27.7 Å². The van der Waals surface area contributed by atoms with E-state index in [1.165, 1.54) is 6.07 Å². The molecule has 1 fully saturated rings. The Balaban J connectivity index is 2.26. The summed E-state index contributed by atoms with van der Waals surface area (Å²) in [7, 11) is -3.57. The molecule has 0 saturated carbocycles. The first-order valence-corrected chi connectivity index (χ1v) is 7.92. The number of benzene rings is 1. The minimum Gasteiger partial charge on any atom is -0.397 e. The minimum atomic E-state index is -3.57. The Hall–Kier alpha value is -0.820. The van der Waals surface area contributed by atoms with Gasteiger partial charge in [0.2, 0.25) is 10.0 Å². The summed E-state index contributed by atoms with van der Waals surface area (Å²) in [5.74, 6) is 0. The molecule has 1 aromatic carbocycles. The molecule has 5 nitrogen and oxygen atoms in total. The number of nitrogens with one attached hydrogen (secondary N) is 1. The Morgan fingerprint density at radius 2 is 2.00 bits per heavy atom. The maximum absolute atomic E-state index is 12.3. The fourth-order valence-electron chi connectivity index (χ4n) is 2.06. The Labute approximate surface area is 118 Å². The fraction of sp³-hybridized carbons (Fsp3) is 0.500. The topological polar surface area (TPSA) is 81.4 Å². The van der Waals surface area contributed by atoms with E-state index in [1.807, 2.05) is 0 Å². The van der Waals surface area contributed by atoms with E-state index in [2.05, 4.69) is 4.72 Å². The quantitative estimate of drug-likeness (QED) is 0.833. The van der Waals surface area contributed by atoms with Gasteiger partial charge in [0.1, 0.15) is 0 Å². The number of aryl methyl sites for hydroxylation is 1. The Kier molecular flexibility index (Phi) is 4.35. The van der Waals surface area contributed by atoms with Gasteiger partial charge in [0.25, 0.3) is 0 Å². The molecule has 0 spiro atoms. The molecule has 3 N–H and O–H groups in total. The standard InChI is InChI=1S/C12H17ClN2O3S/c1-8-6-10(13)11(14)7-12(8)19(16,17)15-9-2-4-18-5-3-9/h6-7,9,15H,2-5,14H2,1H3. The normalized spacial score (nSPS) is 17.6. The Morgan fingerprint density at radius 3 is 2.63 bits per heavy atom. The van der Waals surface area contributed by atoms with Gasteiger partial charge in [-0.3, -0.25) is 0 Å². The first-order chi connectivity index (χ1) is 8.90. The molecule has 0 unspecified atom stereocenters. The lowest BCUT2D eigenvalue weighted by Crippen LogP contribution is -2.39. The van der Waals surface area contributed by atoms with Gasteiger partial charge in [0.15, 0.2) is 0 Å². The number of hydrogen-bond acceptors (Lipinski definition) is 4. The summed E-state index contributed by atoms with van der Waals surface area (Å²) in [6, 6.07) is 2.88. The molecule has 1 aliphatic heterocycles. The van der Waals surface area contributed by atoms with Crippen LogP contribution in [0.25, 0.3) is 0 Å². The SMILES string of the molecule is Cc1cc(Cl)c(N)cc1S(=O)(=O)NC1CCOCC1. The lowest BCUT2D eigenvalue weighted by atomic mass is 10.1. The van der Waals surface area contributed by atoms with Crippen LogP contribution in [0.15, 0.2) is 17.0 Å². The molecule has 1 heterocycles. The number of ether oxygens (including phenoxy) is 1. The van der Waals surface area contributed by atoms with Crippen molar-refractivity contribution in [2.75, 3.05) is 18.9 Å². The van der Waals surface area contributed by atoms with E-state index in [9.17, 15) is 8.42 Å². The van der Waals surface area contributed by atoms with Crippen LogP contribution in [0, 0.1) is 6.92 Å². The number of rotatable bonds is 3. The number of halogens is 1. The van der Waals surface area contributed by atoms with Crippen molar-refractivity contribution >= 4 is 27.3 Å². The Morgan fingerprint density at radius 1 is 1.37 bits per heavy atom. The van der Waals surface area contributed by atoms with Crippen LogP contribution in [0.3, 0.4) is 0 Å². The van der Waals surface area contributed by atoms with Crippen LogP contribution in [-0.2, 0) is 14.8 Å². The highest BCUT2D eigenvalue weighted by Gasteiger charge is 2.24. The van der Waals surface area contributed by atoms with E-state index in [1.54, 1.807) is 13.0 Å². The molecule has 0 radical (unpaired) electrons. The summed E-state index contributed by atoms with van der Waals surface area (Å²) in [6.45, 7) is 2.85. The summed E-state index contributed by atoms with van der Waals surface area (Å²) in [4.78, 5) is 0.181. The van der Waals surface area contributed by atoms with Crippen molar-refractivity contribution in [3.63, 3.8) is 0 Å². The monoisotopic (exact) mass is 304 g/mol. The average Bonchev–Trinajstić information content (AvgIpc) is 2.34. The van der Waals surface area contributed by atoms with Crippen molar-refractivity contribution in [3.05, 3.63) is 22.7 Å². The highest BCUT2D eigenvalue weighted by molar-refractivity contribution is 7.89. The highest BCUT2D eigenvalue weighted by Crippen LogP contribution is 2.26. The second-order valence-electron chi connectivity index (χ2n) is 4.65. The summed E-state index contributed by atoms with van der Waals surface area (Å²) in [6.07, 6.45) is 1.36. The largest absolute Gasteiger partial charge is 0.397 e. The molecule has 0 aromatic heterocycles. The zero-order valence-corrected chi connectivity index (χ0v) is 12.2. The van der Waals surface area contributed by atoms with Gasteiger partial charge in [-0.25, -0.2) is 13.1 Å². The molecule has 0 aliphatic carbocycles. The van der Waals surface area contributed by atoms with E-state index in [-0.39, 0.29) is 16.6 Å². The molecule has 0 amide bonds. The van der Waals surface area contributed by atoms with E-state index < -0.39 is 10.0 Å². The van der Waals surface area contributed by atoms with Crippen molar-refractivity contribution in [2.45, 2.75) is 30.7 Å². The summed E-state index contributed by atoms with van der Waals surface area (Å²) >= 11 is 5.87. The second-order valence-corrected chi connectivity index (χ2v) is 6.74. The van der Waals surface area contributed by atoms with Gasteiger partial charge in [-0.2, -0.15) is 0 Å². The lowest BCUT2D eigenvalue weighted by molar-refractivity contribution is 0.0832. The zero-order valence-electron chi connectivity index (χ0n) is 10.6. The van der Waals surface area contributed by atoms with Crippen molar-refractivity contribution in [1.29, 1.82) is 0 Å². The Bertz CT molecular complexity index is 569. The molecule has 0 bridgehead atoms. The third-order valence-electron chi connectivity index (χ3n) is 3.13. The minimum absolute atomic E-state index is 0.0879. The van der Waals surface area contributed by atoms with Crippen LogP contribution in [0.2, 0.25) is 5.02 Å². The van der Waals surface area contributed by atoms with Crippen molar-refractivity contribution in [2.24, 2.45) is 0 Å². The van der Waals surface area contributed by atoms with E-state index >= 15 is 0 Å². The summed E-state index contributed by atoms with van der Waals surface area (Å²) < 4.78 is 32.6. The average molecular weight is 305 g/mol. The van der Waals surface area contributed by atoms with Crippen molar-refractivity contribution in [1.82, 2.24) is 4.72 Å². The van der Waals surface area contributed by atoms with Gasteiger partial charge in [0.05, 0.1) is 15.6 Å². The molecular formula is C12H17ClN2O3S. The zero-order chi connectivity index (χ0) is 14.0. The molecule has 2 rings (SSSR count). The number of hydrogen-bond donors (Lipinski definition) is 2. The van der Waals surface area contributed by atoms with Gasteiger partial charge in [-0.15, -0.1) is 0 Å². The molecule has 0 atom stereocenters. The molecule has 106 valence electrons. The number of nitrogen functional groups attached to an aromatic ring is 1. The maximum Gasteiger partial charge on any atom is 0.241 e. The first-order valence-electron chi connectivity index (χ1n) is 6.06. The van der Waals surface area contributed by atoms with E-state index in [0.29, 0.717) is 36.6 Å². The lowest BCUT2D eigenvalue weighted by Gasteiger charge is -2.23. The number of anilines is 1. The van der Waals surface area contributed by atoms with E-state index in [4.69, 9.17) is 22.1 Å². The summed E-state index contributed by atoms with van der Waals surface area (Å²) in [5.41, 5.74) is 6.52. The predicted octanol–water partition coefficient (Wildman–Crippen LogP) is 1.69. The van der Waals surface area contributed by atoms with Gasteiger partial charge in [0, 0.05) is 19.3 Å². The first kappa shape index (κ1) is 14.6. The fourth-order valence-corrected chi connectivity index (χ4v) is 3.84. The van der Waals surface area contributed by atoms with Crippen molar-refractivity contribution in [3.8, 4) is 0 Å². The van der Waals surface area contributed by atoms with Crippen LogP contribution >= 0.6 is 11.6 Å². The maximum atomic E-state index is 12.3. The molecule has 19 heavy (non-hydrogen) atoms. The number of sulfonamides is 1. The summed E-state index contributed by atoms with van der Waals surface area (Å²) in [5, 5.41) is 0.363. The molecule has 7 heteroatoms. The third kappa shape index (κ3) is 3.39. The van der Waals surface area contributed by atoms with Gasteiger partial charge < -0.3 is 10.5 Å². The van der Waals surface area contributed by atoms with Crippen LogP contribution in [0.1, 0.15) is 18.4 Å². The van der Waals surface area contributed by atoms with Gasteiger partial charge in [-0.05, 0) is 37.5 Å². The smallest absolute Gasteiger partial charge is 0.241 e. The van der Waals surface area contributed by atoms with Gasteiger partial charge in [-0.1, -0.05) is 11.6 Å². The third-order valence-corrected chi connectivity index (χ3v) is 5.12. The van der Waals surface area contributed by atoms with Gasteiger partial charge >= 0.3 is 0 Å². The van der Waals surface area contributed by atoms with Crippen molar-refractivity contribution < 1.29 is 13.2 Å². The second kappa shape index (κ2) is 5.66. The van der Waals surface area contributed by atoms with E-state index in [0.717, 1.165) is 0 Å². The van der Waals surface area contributed by atoms with Crippen LogP contribution in [0.5, 0.6) is 0 Å². The molecule has 1 aromatic rings. The predicted molar refractivity (Wildman–Crippen MR) is 74.8 cm³/mol. The van der Waals surface area contributed by atoms with Crippen LogP contribution in [0.4, 0.5) is 5.69 Å². The molecule has 1 aliphatic rings. The molecule has 1 saturated heterocycles. The molecular weight excluding hydrogens is 288 g/mol. The van der Waals surface area contributed by atoms with Crippen LogP contribution < -0.4 is 10.5 Å². The number of nitrogens with two attached hydrogens (primary N) is 1. The highest BCUT2D eigenvalue weighted by atomic mass is 35.5.